The summed E-state index contributed by atoms with van der Waals surface area (Å²) in [5.74, 6) is 2.83. The van der Waals surface area contributed by atoms with E-state index in [-0.39, 0.29) is 0 Å². The smallest absolute Gasteiger partial charge is 0.151 e. The minimum absolute atomic E-state index is 0.564. The molecule has 2 heterocycles. The summed E-state index contributed by atoms with van der Waals surface area (Å²) in [4.78, 5) is 7.60. The molecular formula is C14H20ClN3O. The maximum absolute atomic E-state index is 6.10. The molecular weight excluding hydrogens is 262 g/mol. The molecule has 2 N–H and O–H groups in total. The molecule has 0 spiro atoms. The number of imidazole rings is 1. The van der Waals surface area contributed by atoms with Crippen LogP contribution in [0.4, 0.5) is 0 Å². The minimum Gasteiger partial charge on any atom is -0.465 e. The molecule has 0 aromatic carbocycles. The average Bonchev–Trinajstić information content (AvgIpc) is 2.94. The van der Waals surface area contributed by atoms with E-state index in [9.17, 15) is 0 Å². The summed E-state index contributed by atoms with van der Waals surface area (Å²) in [6.45, 7) is 5.46. The van der Waals surface area contributed by atoms with Crippen LogP contribution in [-0.4, -0.2) is 9.97 Å². The number of hydrogen-bond donors (Lipinski definition) is 2. The largest absolute Gasteiger partial charge is 0.465 e. The van der Waals surface area contributed by atoms with E-state index < -0.39 is 0 Å². The fraction of sp³-hybridized carbons (Fsp3) is 0.500. The van der Waals surface area contributed by atoms with E-state index in [1.54, 1.807) is 0 Å². The molecule has 4 nitrogen and oxygen atoms in total. The molecule has 2 aromatic rings. The predicted octanol–water partition coefficient (Wildman–Crippen LogP) is 3.60. The maximum atomic E-state index is 6.10. The van der Waals surface area contributed by atoms with Gasteiger partial charge in [-0.1, -0.05) is 24.9 Å². The van der Waals surface area contributed by atoms with Crippen LogP contribution >= 0.6 is 11.6 Å². The van der Waals surface area contributed by atoms with E-state index in [2.05, 4.69) is 22.2 Å². The van der Waals surface area contributed by atoms with Gasteiger partial charge in [-0.15, -0.1) is 0 Å². The van der Waals surface area contributed by atoms with Crippen molar-refractivity contribution in [3.63, 3.8) is 0 Å². The molecule has 19 heavy (non-hydrogen) atoms. The Morgan fingerprint density at radius 3 is 2.89 bits per heavy atom. The van der Waals surface area contributed by atoms with Crippen LogP contribution < -0.4 is 5.32 Å². The molecule has 5 heteroatoms. The molecule has 0 fully saturated rings. The van der Waals surface area contributed by atoms with Gasteiger partial charge in [-0.3, -0.25) is 0 Å². The van der Waals surface area contributed by atoms with Gasteiger partial charge in [0, 0.05) is 13.0 Å². The molecule has 104 valence electrons. The van der Waals surface area contributed by atoms with E-state index in [1.165, 1.54) is 0 Å². The summed E-state index contributed by atoms with van der Waals surface area (Å²) in [5.41, 5.74) is 0.941. The molecule has 0 amide bonds. The third-order valence-corrected chi connectivity index (χ3v) is 3.25. The number of halogens is 1. The quantitative estimate of drug-likeness (QED) is 0.815. The van der Waals surface area contributed by atoms with Crippen molar-refractivity contribution < 1.29 is 4.42 Å². The first-order valence-corrected chi connectivity index (χ1v) is 7.06. The van der Waals surface area contributed by atoms with Crippen LogP contribution in [0.3, 0.4) is 0 Å². The topological polar surface area (TPSA) is 53.9 Å². The van der Waals surface area contributed by atoms with Gasteiger partial charge in [-0.2, -0.15) is 0 Å². The van der Waals surface area contributed by atoms with Crippen LogP contribution in [0.25, 0.3) is 0 Å². The third-order valence-electron chi connectivity index (χ3n) is 2.94. The van der Waals surface area contributed by atoms with Crippen molar-refractivity contribution in [2.24, 2.45) is 0 Å². The van der Waals surface area contributed by atoms with Crippen molar-refractivity contribution in [1.29, 1.82) is 0 Å². The molecule has 0 aliphatic rings. The number of rotatable bonds is 7. The van der Waals surface area contributed by atoms with Crippen molar-refractivity contribution in [3.8, 4) is 0 Å². The highest BCUT2D eigenvalue weighted by atomic mass is 35.5. The Morgan fingerprint density at radius 1 is 1.37 bits per heavy atom. The Bertz CT molecular complexity index is 518. The first kappa shape index (κ1) is 14.2. The summed E-state index contributed by atoms with van der Waals surface area (Å²) in [5, 5.41) is 3.86. The van der Waals surface area contributed by atoms with Gasteiger partial charge in [0.25, 0.3) is 0 Å². The van der Waals surface area contributed by atoms with Gasteiger partial charge >= 0.3 is 0 Å². The zero-order chi connectivity index (χ0) is 13.7. The molecule has 0 aliphatic carbocycles. The number of unbranched alkanes of at least 4 members (excludes halogenated alkanes) is 1. The normalized spacial score (nSPS) is 11.1. The van der Waals surface area contributed by atoms with E-state index in [4.69, 9.17) is 16.0 Å². The summed E-state index contributed by atoms with van der Waals surface area (Å²) < 4.78 is 5.49. The number of aryl methyl sites for hydroxylation is 2. The standard InChI is InChI=1S/C14H20ClN3O/c1-3-4-5-13-17-12(14(15)18-13)9-16-8-11-7-6-10(2)19-11/h6-7,16H,3-5,8-9H2,1-2H3,(H,17,18). The van der Waals surface area contributed by atoms with E-state index >= 15 is 0 Å². The summed E-state index contributed by atoms with van der Waals surface area (Å²) >= 11 is 6.10. The molecule has 2 rings (SSSR count). The van der Waals surface area contributed by atoms with E-state index in [0.29, 0.717) is 18.2 Å². The number of aromatic nitrogens is 2. The van der Waals surface area contributed by atoms with E-state index in [1.807, 2.05) is 19.1 Å². The minimum atomic E-state index is 0.564. The lowest BCUT2D eigenvalue weighted by molar-refractivity contribution is 0.461. The van der Waals surface area contributed by atoms with Crippen molar-refractivity contribution in [2.45, 2.75) is 46.2 Å². The second-order valence-electron chi connectivity index (χ2n) is 4.67. The van der Waals surface area contributed by atoms with Crippen molar-refractivity contribution in [3.05, 3.63) is 40.3 Å². The number of hydrogen-bond acceptors (Lipinski definition) is 3. The lowest BCUT2D eigenvalue weighted by Gasteiger charge is -2.01. The molecule has 0 aliphatic heterocycles. The zero-order valence-corrected chi connectivity index (χ0v) is 12.2. The van der Waals surface area contributed by atoms with Gasteiger partial charge in [-0.25, -0.2) is 4.98 Å². The highest BCUT2D eigenvalue weighted by molar-refractivity contribution is 6.30. The van der Waals surface area contributed by atoms with Gasteiger partial charge in [0.15, 0.2) is 5.15 Å². The van der Waals surface area contributed by atoms with Crippen molar-refractivity contribution in [2.75, 3.05) is 0 Å². The first-order chi connectivity index (χ1) is 9.19. The number of nitrogens with one attached hydrogen (secondary N) is 2. The molecule has 0 unspecified atom stereocenters. The summed E-state index contributed by atoms with van der Waals surface area (Å²) in [6, 6.07) is 3.94. The summed E-state index contributed by atoms with van der Waals surface area (Å²) in [7, 11) is 0. The number of H-pyrrole nitrogens is 1. The molecule has 0 radical (unpaired) electrons. The first-order valence-electron chi connectivity index (χ1n) is 6.68. The Hall–Kier alpha value is -1.26. The van der Waals surface area contributed by atoms with Gasteiger partial charge in [0.1, 0.15) is 17.3 Å². The maximum Gasteiger partial charge on any atom is 0.151 e. The van der Waals surface area contributed by atoms with Crippen LogP contribution in [0.15, 0.2) is 16.5 Å². The second-order valence-corrected chi connectivity index (χ2v) is 5.03. The second kappa shape index (κ2) is 6.78. The van der Waals surface area contributed by atoms with Gasteiger partial charge in [-0.05, 0) is 25.5 Å². The Morgan fingerprint density at radius 2 is 2.21 bits per heavy atom. The fourth-order valence-corrected chi connectivity index (χ4v) is 2.13. The van der Waals surface area contributed by atoms with Crippen LogP contribution in [-0.2, 0) is 19.5 Å². The lowest BCUT2D eigenvalue weighted by Crippen LogP contribution is -2.12. The van der Waals surface area contributed by atoms with Crippen molar-refractivity contribution in [1.82, 2.24) is 15.3 Å². The Labute approximate surface area is 118 Å². The third kappa shape index (κ3) is 4.11. The number of nitrogens with zero attached hydrogens (tertiary/aromatic N) is 1. The number of furan rings is 1. The molecule has 0 saturated carbocycles. The molecule has 0 atom stereocenters. The van der Waals surface area contributed by atoms with Gasteiger partial charge < -0.3 is 14.7 Å². The Kier molecular flexibility index (Phi) is 5.05. The molecule has 0 saturated heterocycles. The predicted molar refractivity (Wildman–Crippen MR) is 76.2 cm³/mol. The number of aromatic amines is 1. The van der Waals surface area contributed by atoms with Gasteiger partial charge in [0.05, 0.1) is 12.2 Å². The molecule has 2 aromatic heterocycles. The lowest BCUT2D eigenvalue weighted by atomic mass is 10.2. The van der Waals surface area contributed by atoms with Crippen LogP contribution in [0, 0.1) is 6.92 Å². The van der Waals surface area contributed by atoms with E-state index in [0.717, 1.165) is 42.3 Å². The van der Waals surface area contributed by atoms with Crippen molar-refractivity contribution >= 4 is 11.6 Å². The fourth-order valence-electron chi connectivity index (χ4n) is 1.91. The van der Waals surface area contributed by atoms with Gasteiger partial charge in [0.2, 0.25) is 0 Å². The molecule has 0 bridgehead atoms. The zero-order valence-electron chi connectivity index (χ0n) is 11.4. The highest BCUT2D eigenvalue weighted by Crippen LogP contribution is 2.14. The summed E-state index contributed by atoms with van der Waals surface area (Å²) in [6.07, 6.45) is 3.24. The SMILES string of the molecule is CCCCc1nc(Cl)c(CNCc2ccc(C)o2)[nH]1. The monoisotopic (exact) mass is 281 g/mol. The van der Waals surface area contributed by atoms with Crippen LogP contribution in [0.2, 0.25) is 5.15 Å². The van der Waals surface area contributed by atoms with Crippen LogP contribution in [0.5, 0.6) is 0 Å². The highest BCUT2D eigenvalue weighted by Gasteiger charge is 2.08. The average molecular weight is 282 g/mol. The Balaban J connectivity index is 1.83. The van der Waals surface area contributed by atoms with Crippen LogP contribution in [0.1, 0.15) is 42.8 Å².